The first-order valence-corrected chi connectivity index (χ1v) is 6.81. The molecule has 0 fully saturated rings. The molecule has 0 saturated heterocycles. The topological polar surface area (TPSA) is 3.24 Å². The molecule has 1 nitrogen and oxygen atoms in total. The normalized spacial score (nSPS) is 12.7. The minimum Gasteiger partial charge on any atom is -0.300 e. The summed E-state index contributed by atoms with van der Waals surface area (Å²) in [7, 11) is 1.95. The van der Waals surface area contributed by atoms with Gasteiger partial charge in [0.05, 0.1) is 5.38 Å². The molecule has 0 aliphatic carbocycles. The van der Waals surface area contributed by atoms with Crippen LogP contribution in [0, 0.1) is 11.6 Å². The van der Waals surface area contributed by atoms with Gasteiger partial charge in [0.25, 0.3) is 0 Å². The van der Waals surface area contributed by atoms with E-state index in [0.29, 0.717) is 12.1 Å². The summed E-state index contributed by atoms with van der Waals surface area (Å²) in [6, 6.07) is 13.8. The Bertz CT molecular complexity index is 560. The number of rotatable bonds is 5. The summed E-state index contributed by atoms with van der Waals surface area (Å²) in [5.74, 6) is -1.71. The number of likely N-dealkylation sites (N-methyl/N-ethyl adjacent to an activating group) is 1. The third-order valence-corrected chi connectivity index (χ3v) is 3.46. The average molecular weight is 296 g/mol. The van der Waals surface area contributed by atoms with Crippen LogP contribution in [0.15, 0.2) is 48.5 Å². The van der Waals surface area contributed by atoms with Crippen molar-refractivity contribution >= 4 is 11.6 Å². The maximum absolute atomic E-state index is 13.2. The molecule has 0 radical (unpaired) electrons. The van der Waals surface area contributed by atoms with Gasteiger partial charge >= 0.3 is 0 Å². The van der Waals surface area contributed by atoms with Crippen LogP contribution >= 0.6 is 11.6 Å². The molecule has 106 valence electrons. The van der Waals surface area contributed by atoms with Crippen molar-refractivity contribution in [3.63, 3.8) is 0 Å². The van der Waals surface area contributed by atoms with E-state index in [1.807, 2.05) is 42.3 Å². The van der Waals surface area contributed by atoms with Gasteiger partial charge in [-0.05, 0) is 30.3 Å². The molecule has 4 heteroatoms. The second-order valence-electron chi connectivity index (χ2n) is 4.82. The van der Waals surface area contributed by atoms with Crippen LogP contribution in [0.3, 0.4) is 0 Å². The smallest absolute Gasteiger partial charge is 0.159 e. The number of hydrogen-bond donors (Lipinski definition) is 0. The van der Waals surface area contributed by atoms with Crippen LogP contribution in [0.2, 0.25) is 0 Å². The molecule has 20 heavy (non-hydrogen) atoms. The zero-order valence-corrected chi connectivity index (χ0v) is 11.9. The fourth-order valence-electron chi connectivity index (χ4n) is 2.05. The molecule has 0 spiro atoms. The summed E-state index contributed by atoms with van der Waals surface area (Å²) < 4.78 is 26.1. The third-order valence-electron chi connectivity index (χ3n) is 3.07. The Morgan fingerprint density at radius 1 is 1.05 bits per heavy atom. The van der Waals surface area contributed by atoms with Gasteiger partial charge in [-0.25, -0.2) is 8.78 Å². The third kappa shape index (κ3) is 4.02. The van der Waals surface area contributed by atoms with E-state index in [0.717, 1.165) is 18.7 Å². The summed E-state index contributed by atoms with van der Waals surface area (Å²) in [4.78, 5) is 2.05. The first-order valence-electron chi connectivity index (χ1n) is 6.38. The lowest BCUT2D eigenvalue weighted by atomic mass is 10.1. The Balaban J connectivity index is 1.96. The Hall–Kier alpha value is -1.45. The number of alkyl halides is 1. The Kier molecular flexibility index (Phi) is 5.10. The lowest BCUT2D eigenvalue weighted by Gasteiger charge is -2.20. The quantitative estimate of drug-likeness (QED) is 0.740. The molecule has 2 aromatic carbocycles. The summed E-state index contributed by atoms with van der Waals surface area (Å²) >= 11 is 6.26. The van der Waals surface area contributed by atoms with Crippen molar-refractivity contribution in [1.29, 1.82) is 0 Å². The standard InChI is InChI=1S/C16H16ClF2N/c1-20(10-12-5-3-2-4-6-12)11-14(17)13-7-8-15(18)16(19)9-13/h2-9,14H,10-11H2,1H3. The van der Waals surface area contributed by atoms with Gasteiger partial charge in [0.2, 0.25) is 0 Å². The number of nitrogens with zero attached hydrogens (tertiary/aromatic N) is 1. The minimum absolute atomic E-state index is 0.376. The van der Waals surface area contributed by atoms with Gasteiger partial charge in [0.1, 0.15) is 0 Å². The monoisotopic (exact) mass is 295 g/mol. The molecule has 0 heterocycles. The molecule has 0 saturated carbocycles. The van der Waals surface area contributed by atoms with Crippen molar-refractivity contribution in [2.24, 2.45) is 0 Å². The molecule has 0 N–H and O–H groups in total. The molecular weight excluding hydrogens is 280 g/mol. The lowest BCUT2D eigenvalue weighted by molar-refractivity contribution is 0.326. The van der Waals surface area contributed by atoms with Gasteiger partial charge in [0.15, 0.2) is 11.6 Å². The fourth-order valence-corrected chi connectivity index (χ4v) is 2.42. The summed E-state index contributed by atoms with van der Waals surface area (Å²) in [5.41, 5.74) is 1.77. The van der Waals surface area contributed by atoms with Crippen molar-refractivity contribution < 1.29 is 8.78 Å². The van der Waals surface area contributed by atoms with E-state index in [1.165, 1.54) is 11.6 Å². The van der Waals surface area contributed by atoms with Gasteiger partial charge in [-0.15, -0.1) is 11.6 Å². The predicted octanol–water partition coefficient (Wildman–Crippen LogP) is 4.38. The molecule has 1 atom stereocenters. The summed E-state index contributed by atoms with van der Waals surface area (Å²) in [6.07, 6.45) is 0. The Morgan fingerprint density at radius 2 is 1.75 bits per heavy atom. The maximum Gasteiger partial charge on any atom is 0.159 e. The zero-order chi connectivity index (χ0) is 14.5. The highest BCUT2D eigenvalue weighted by Gasteiger charge is 2.13. The maximum atomic E-state index is 13.2. The zero-order valence-electron chi connectivity index (χ0n) is 11.2. The number of hydrogen-bond acceptors (Lipinski definition) is 1. The van der Waals surface area contributed by atoms with Crippen LogP contribution in [0.4, 0.5) is 8.78 Å². The average Bonchev–Trinajstić information content (AvgIpc) is 2.42. The second-order valence-corrected chi connectivity index (χ2v) is 5.35. The SMILES string of the molecule is CN(Cc1ccccc1)CC(Cl)c1ccc(F)c(F)c1. The lowest BCUT2D eigenvalue weighted by Crippen LogP contribution is -2.22. The first-order chi connectivity index (χ1) is 9.56. The van der Waals surface area contributed by atoms with Gasteiger partial charge in [-0.2, -0.15) is 0 Å². The first kappa shape index (κ1) is 14.9. The molecule has 1 unspecified atom stereocenters. The molecule has 0 aliphatic rings. The molecule has 0 aromatic heterocycles. The Labute approximate surface area is 122 Å². The van der Waals surface area contributed by atoms with Crippen LogP contribution in [-0.4, -0.2) is 18.5 Å². The van der Waals surface area contributed by atoms with E-state index in [4.69, 9.17) is 11.6 Å². The number of benzene rings is 2. The van der Waals surface area contributed by atoms with Crippen LogP contribution in [0.1, 0.15) is 16.5 Å². The Morgan fingerprint density at radius 3 is 2.40 bits per heavy atom. The van der Waals surface area contributed by atoms with Crippen molar-refractivity contribution in [1.82, 2.24) is 4.90 Å². The van der Waals surface area contributed by atoms with Gasteiger partial charge < -0.3 is 4.90 Å². The molecule has 0 aliphatic heterocycles. The van der Waals surface area contributed by atoms with E-state index in [1.54, 1.807) is 0 Å². The van der Waals surface area contributed by atoms with Crippen LogP contribution in [0.5, 0.6) is 0 Å². The minimum atomic E-state index is -0.862. The fraction of sp³-hybridized carbons (Fsp3) is 0.250. The molecule has 2 rings (SSSR count). The van der Waals surface area contributed by atoms with Crippen LogP contribution in [0.25, 0.3) is 0 Å². The highest BCUT2D eigenvalue weighted by atomic mass is 35.5. The van der Waals surface area contributed by atoms with Crippen molar-refractivity contribution in [2.75, 3.05) is 13.6 Å². The van der Waals surface area contributed by atoms with Gasteiger partial charge in [-0.1, -0.05) is 36.4 Å². The highest BCUT2D eigenvalue weighted by molar-refractivity contribution is 6.21. The summed E-state index contributed by atoms with van der Waals surface area (Å²) in [5, 5.41) is -0.376. The van der Waals surface area contributed by atoms with Crippen molar-refractivity contribution in [3.05, 3.63) is 71.3 Å². The van der Waals surface area contributed by atoms with E-state index < -0.39 is 11.6 Å². The summed E-state index contributed by atoms with van der Waals surface area (Å²) in [6.45, 7) is 1.31. The number of halogens is 3. The predicted molar refractivity (Wildman–Crippen MR) is 77.7 cm³/mol. The van der Waals surface area contributed by atoms with Crippen molar-refractivity contribution in [2.45, 2.75) is 11.9 Å². The van der Waals surface area contributed by atoms with E-state index >= 15 is 0 Å². The molecule has 0 amide bonds. The highest BCUT2D eigenvalue weighted by Crippen LogP contribution is 2.23. The van der Waals surface area contributed by atoms with Crippen LogP contribution < -0.4 is 0 Å². The van der Waals surface area contributed by atoms with E-state index in [-0.39, 0.29) is 5.38 Å². The van der Waals surface area contributed by atoms with Gasteiger partial charge in [-0.3, -0.25) is 0 Å². The van der Waals surface area contributed by atoms with Gasteiger partial charge in [0, 0.05) is 13.1 Å². The molecular formula is C16H16ClF2N. The molecule has 2 aromatic rings. The van der Waals surface area contributed by atoms with Crippen molar-refractivity contribution in [3.8, 4) is 0 Å². The second kappa shape index (κ2) is 6.82. The largest absolute Gasteiger partial charge is 0.300 e. The van der Waals surface area contributed by atoms with E-state index in [9.17, 15) is 8.78 Å². The molecule has 0 bridgehead atoms. The van der Waals surface area contributed by atoms with E-state index in [2.05, 4.69) is 0 Å². The van der Waals surface area contributed by atoms with Crippen LogP contribution in [-0.2, 0) is 6.54 Å².